The third-order valence-electron chi connectivity index (χ3n) is 6.27. The molecule has 2 aromatic rings. The summed E-state index contributed by atoms with van der Waals surface area (Å²) in [4.78, 5) is 36.9. The molecule has 0 radical (unpaired) electrons. The highest BCUT2D eigenvalue weighted by molar-refractivity contribution is 5.97. The topological polar surface area (TPSA) is 108 Å². The Morgan fingerprint density at radius 1 is 1.16 bits per heavy atom. The van der Waals surface area contributed by atoms with Gasteiger partial charge in [-0.3, -0.25) is 9.59 Å². The minimum absolute atomic E-state index is 0.0295. The first kappa shape index (κ1) is 28.6. The maximum Gasteiger partial charge on any atom is 0.328 e. The van der Waals surface area contributed by atoms with Gasteiger partial charge in [-0.05, 0) is 46.7 Å². The van der Waals surface area contributed by atoms with Crippen molar-refractivity contribution < 1.29 is 24.2 Å². The van der Waals surface area contributed by atoms with Crippen LogP contribution in [0.4, 0.5) is 5.69 Å². The van der Waals surface area contributed by atoms with Crippen molar-refractivity contribution in [3.05, 3.63) is 71.3 Å². The highest BCUT2D eigenvalue weighted by Gasteiger charge is 2.30. The number of nitrogens with one attached hydrogen (secondary N) is 1. The molecule has 0 aromatic heterocycles. The Bertz CT molecular complexity index is 1240. The standard InChI is InChI=1S/C30H37N3O5/c1-7-21(16-26(35)36)23-9-8-10-24(15-23)31-28(37)27(19(2)3)22-13-11-20(12-14-22)17-33-25(34)18-38-29(32-33)30(4,5)6/h8-16,19,27H,7,17-18H2,1-6H3,(H,31,37)(H,35,36)/b21-16+. The molecular weight excluding hydrogens is 482 g/mol. The van der Waals surface area contributed by atoms with Gasteiger partial charge in [-0.25, -0.2) is 9.80 Å². The Morgan fingerprint density at radius 3 is 2.42 bits per heavy atom. The molecule has 1 aliphatic rings. The number of carboxylic acid groups (broad SMARTS) is 1. The Balaban J connectivity index is 1.77. The number of carboxylic acids is 1. The van der Waals surface area contributed by atoms with Gasteiger partial charge < -0.3 is 15.2 Å². The first-order valence-corrected chi connectivity index (χ1v) is 12.8. The first-order chi connectivity index (χ1) is 17.9. The van der Waals surface area contributed by atoms with Crippen LogP contribution in [0.5, 0.6) is 0 Å². The average Bonchev–Trinajstić information content (AvgIpc) is 2.84. The lowest BCUT2D eigenvalue weighted by molar-refractivity contribution is -0.136. The van der Waals surface area contributed by atoms with Gasteiger partial charge in [-0.2, -0.15) is 0 Å². The van der Waals surface area contributed by atoms with Crippen LogP contribution in [-0.4, -0.2) is 40.4 Å². The highest BCUT2D eigenvalue weighted by atomic mass is 16.5. The van der Waals surface area contributed by atoms with Crippen LogP contribution in [-0.2, 0) is 25.7 Å². The number of anilines is 1. The fourth-order valence-corrected chi connectivity index (χ4v) is 4.29. The fourth-order valence-electron chi connectivity index (χ4n) is 4.29. The molecule has 0 aliphatic carbocycles. The molecule has 2 amide bonds. The van der Waals surface area contributed by atoms with E-state index in [2.05, 4.69) is 10.4 Å². The van der Waals surface area contributed by atoms with E-state index in [1.807, 2.05) is 71.9 Å². The van der Waals surface area contributed by atoms with Gasteiger partial charge in [0, 0.05) is 17.2 Å². The van der Waals surface area contributed by atoms with Crippen LogP contribution in [0.15, 0.2) is 59.7 Å². The number of hydrogen-bond acceptors (Lipinski definition) is 5. The minimum atomic E-state index is -1.00. The summed E-state index contributed by atoms with van der Waals surface area (Å²) in [5, 5.41) is 18.0. The summed E-state index contributed by atoms with van der Waals surface area (Å²) in [7, 11) is 0. The van der Waals surface area contributed by atoms with Gasteiger partial charge in [-0.15, -0.1) is 5.10 Å². The number of hydrazone groups is 1. The number of carbonyl (C=O) groups is 3. The van der Waals surface area contributed by atoms with Crippen molar-refractivity contribution in [3.8, 4) is 0 Å². The van der Waals surface area contributed by atoms with Crippen molar-refractivity contribution in [2.24, 2.45) is 16.4 Å². The number of amides is 2. The van der Waals surface area contributed by atoms with Crippen molar-refractivity contribution in [3.63, 3.8) is 0 Å². The first-order valence-electron chi connectivity index (χ1n) is 12.8. The van der Waals surface area contributed by atoms with E-state index in [1.165, 1.54) is 11.1 Å². The van der Waals surface area contributed by atoms with Gasteiger partial charge in [0.2, 0.25) is 11.8 Å². The average molecular weight is 520 g/mol. The number of ether oxygens (including phenoxy) is 1. The summed E-state index contributed by atoms with van der Waals surface area (Å²) in [5.41, 5.74) is 3.51. The van der Waals surface area contributed by atoms with Crippen LogP contribution in [0.2, 0.25) is 0 Å². The maximum absolute atomic E-state index is 13.4. The van der Waals surface area contributed by atoms with E-state index in [9.17, 15) is 14.4 Å². The van der Waals surface area contributed by atoms with Crippen molar-refractivity contribution in [2.45, 2.75) is 60.4 Å². The smallest absolute Gasteiger partial charge is 0.328 e. The minimum Gasteiger partial charge on any atom is -0.478 e. The summed E-state index contributed by atoms with van der Waals surface area (Å²) in [6.07, 6.45) is 1.75. The molecule has 0 fully saturated rings. The van der Waals surface area contributed by atoms with Crippen LogP contribution in [0.3, 0.4) is 0 Å². The summed E-state index contributed by atoms with van der Waals surface area (Å²) >= 11 is 0. The molecule has 0 spiro atoms. The monoisotopic (exact) mass is 519 g/mol. The van der Waals surface area contributed by atoms with Gasteiger partial charge >= 0.3 is 5.97 Å². The van der Waals surface area contributed by atoms with Gasteiger partial charge in [0.05, 0.1) is 12.5 Å². The van der Waals surface area contributed by atoms with Crippen LogP contribution < -0.4 is 5.32 Å². The lowest BCUT2D eigenvalue weighted by Gasteiger charge is -2.29. The molecule has 1 aliphatic heterocycles. The Hall–Kier alpha value is -3.94. The van der Waals surface area contributed by atoms with Gasteiger partial charge in [-0.1, -0.05) is 77.9 Å². The number of allylic oxidation sites excluding steroid dienone is 1. The molecule has 8 heteroatoms. The molecule has 202 valence electrons. The SMILES string of the molecule is CC/C(=C\C(=O)O)c1cccc(NC(=O)C(c2ccc(CN3N=C(C(C)(C)C)OCC3=O)cc2)C(C)C)c1. The summed E-state index contributed by atoms with van der Waals surface area (Å²) in [6.45, 7) is 12.1. The molecule has 0 bridgehead atoms. The second-order valence-corrected chi connectivity index (χ2v) is 10.8. The summed E-state index contributed by atoms with van der Waals surface area (Å²) < 4.78 is 5.50. The Labute approximate surface area is 224 Å². The van der Waals surface area contributed by atoms with Crippen LogP contribution in [0.25, 0.3) is 5.57 Å². The molecule has 1 heterocycles. The fraction of sp³-hybridized carbons (Fsp3) is 0.400. The molecular formula is C30H37N3O5. The number of hydrogen-bond donors (Lipinski definition) is 2. The summed E-state index contributed by atoms with van der Waals surface area (Å²) in [5.74, 6) is -1.19. The van der Waals surface area contributed by atoms with Gasteiger partial charge in [0.25, 0.3) is 5.91 Å². The molecule has 2 N–H and O–H groups in total. The van der Waals surface area contributed by atoms with E-state index in [1.54, 1.807) is 18.2 Å². The lowest BCUT2D eigenvalue weighted by Crippen LogP contribution is -2.40. The molecule has 0 saturated carbocycles. The molecule has 8 nitrogen and oxygen atoms in total. The van der Waals surface area contributed by atoms with E-state index in [0.717, 1.165) is 16.7 Å². The second kappa shape index (κ2) is 12.1. The van der Waals surface area contributed by atoms with E-state index >= 15 is 0 Å². The number of benzene rings is 2. The van der Waals surface area contributed by atoms with Crippen LogP contribution in [0, 0.1) is 11.3 Å². The maximum atomic E-state index is 13.4. The predicted molar refractivity (Wildman–Crippen MR) is 148 cm³/mol. The number of aliphatic carboxylic acids is 1. The van der Waals surface area contributed by atoms with Crippen molar-refractivity contribution in [1.82, 2.24) is 5.01 Å². The van der Waals surface area contributed by atoms with E-state index in [0.29, 0.717) is 30.1 Å². The number of nitrogens with zero attached hydrogens (tertiary/aromatic N) is 2. The third-order valence-corrected chi connectivity index (χ3v) is 6.27. The lowest BCUT2D eigenvalue weighted by atomic mass is 9.87. The van der Waals surface area contributed by atoms with E-state index < -0.39 is 11.9 Å². The van der Waals surface area contributed by atoms with Crippen LogP contribution >= 0.6 is 0 Å². The zero-order chi connectivity index (χ0) is 28.0. The summed E-state index contributed by atoms with van der Waals surface area (Å²) in [6, 6.07) is 14.9. The largest absolute Gasteiger partial charge is 0.478 e. The quantitative estimate of drug-likeness (QED) is 0.416. The van der Waals surface area contributed by atoms with Gasteiger partial charge in [0.1, 0.15) is 0 Å². The molecule has 2 aromatic carbocycles. The van der Waals surface area contributed by atoms with Crippen LogP contribution in [0.1, 0.15) is 70.6 Å². The Kier molecular flexibility index (Phi) is 9.09. The highest BCUT2D eigenvalue weighted by Crippen LogP contribution is 2.28. The van der Waals surface area contributed by atoms with Crippen molar-refractivity contribution in [1.29, 1.82) is 0 Å². The number of carbonyl (C=O) groups excluding carboxylic acids is 2. The second-order valence-electron chi connectivity index (χ2n) is 10.8. The molecule has 1 atom stereocenters. The molecule has 3 rings (SSSR count). The Morgan fingerprint density at radius 2 is 1.84 bits per heavy atom. The van der Waals surface area contributed by atoms with Crippen molar-refractivity contribution >= 4 is 34.9 Å². The zero-order valence-electron chi connectivity index (χ0n) is 22.9. The molecule has 1 unspecified atom stereocenters. The van der Waals surface area contributed by atoms with Gasteiger partial charge in [0.15, 0.2) is 6.61 Å². The third kappa shape index (κ3) is 7.31. The molecule has 0 saturated heterocycles. The molecule has 38 heavy (non-hydrogen) atoms. The van der Waals surface area contributed by atoms with Crippen molar-refractivity contribution in [2.75, 3.05) is 11.9 Å². The zero-order valence-corrected chi connectivity index (χ0v) is 22.9. The number of rotatable bonds is 9. The van der Waals surface area contributed by atoms with E-state index in [-0.39, 0.29) is 29.8 Å². The van der Waals surface area contributed by atoms with E-state index in [4.69, 9.17) is 9.84 Å². The predicted octanol–water partition coefficient (Wildman–Crippen LogP) is 5.66. The normalized spacial score (nSPS) is 15.1.